The van der Waals surface area contributed by atoms with Crippen LogP contribution in [0.3, 0.4) is 0 Å². The fourth-order valence-corrected chi connectivity index (χ4v) is 1.95. The van der Waals surface area contributed by atoms with Crippen LogP contribution in [-0.2, 0) is 13.1 Å². The number of hydrogen-bond acceptors (Lipinski definition) is 5. The third-order valence-corrected chi connectivity index (χ3v) is 3.01. The molecule has 0 fully saturated rings. The SMILES string of the molecule is Cc1noc(C)c1CNCc1cccc(OCC#N)c1. The first kappa shape index (κ1) is 14.1. The second-order valence-electron chi connectivity index (χ2n) is 4.50. The van der Waals surface area contributed by atoms with Crippen LogP contribution in [0.4, 0.5) is 0 Å². The first-order chi connectivity index (χ1) is 9.70. The number of nitriles is 1. The highest BCUT2D eigenvalue weighted by Crippen LogP contribution is 2.14. The number of hydrogen-bond donors (Lipinski definition) is 1. The molecule has 0 amide bonds. The first-order valence-corrected chi connectivity index (χ1v) is 6.42. The van der Waals surface area contributed by atoms with Gasteiger partial charge in [-0.05, 0) is 31.5 Å². The monoisotopic (exact) mass is 271 g/mol. The van der Waals surface area contributed by atoms with E-state index in [4.69, 9.17) is 14.5 Å². The average molecular weight is 271 g/mol. The minimum atomic E-state index is 0.0654. The molecular weight excluding hydrogens is 254 g/mol. The quantitative estimate of drug-likeness (QED) is 0.874. The van der Waals surface area contributed by atoms with Crippen molar-refractivity contribution in [3.05, 3.63) is 46.8 Å². The van der Waals surface area contributed by atoms with Crippen molar-refractivity contribution in [3.8, 4) is 11.8 Å². The van der Waals surface area contributed by atoms with Gasteiger partial charge in [0.15, 0.2) is 6.61 Å². The van der Waals surface area contributed by atoms with Crippen LogP contribution in [0, 0.1) is 25.2 Å². The van der Waals surface area contributed by atoms with Crippen LogP contribution in [0.25, 0.3) is 0 Å². The number of aryl methyl sites for hydroxylation is 2. The standard InChI is InChI=1S/C15H17N3O2/c1-11-15(12(2)20-18-11)10-17-9-13-4-3-5-14(8-13)19-7-6-16/h3-5,8,17H,7,9-10H2,1-2H3. The highest BCUT2D eigenvalue weighted by atomic mass is 16.5. The van der Waals surface area contributed by atoms with Crippen molar-refractivity contribution >= 4 is 0 Å². The van der Waals surface area contributed by atoms with Gasteiger partial charge in [-0.2, -0.15) is 5.26 Å². The molecule has 1 aromatic carbocycles. The van der Waals surface area contributed by atoms with Gasteiger partial charge in [0, 0.05) is 18.7 Å². The van der Waals surface area contributed by atoms with Gasteiger partial charge in [0.05, 0.1) is 5.69 Å². The van der Waals surface area contributed by atoms with E-state index < -0.39 is 0 Å². The number of ether oxygens (including phenoxy) is 1. The van der Waals surface area contributed by atoms with Gasteiger partial charge >= 0.3 is 0 Å². The highest BCUT2D eigenvalue weighted by molar-refractivity contribution is 5.29. The summed E-state index contributed by atoms with van der Waals surface area (Å²) in [5.41, 5.74) is 3.12. The third kappa shape index (κ3) is 3.59. The smallest absolute Gasteiger partial charge is 0.174 e. The molecule has 20 heavy (non-hydrogen) atoms. The molecule has 0 aliphatic carbocycles. The lowest BCUT2D eigenvalue weighted by Crippen LogP contribution is -2.13. The number of rotatable bonds is 6. The topological polar surface area (TPSA) is 71.1 Å². The van der Waals surface area contributed by atoms with Crippen LogP contribution in [0.5, 0.6) is 5.75 Å². The fraction of sp³-hybridized carbons (Fsp3) is 0.333. The van der Waals surface area contributed by atoms with E-state index in [9.17, 15) is 0 Å². The van der Waals surface area contributed by atoms with Gasteiger partial charge in [0.2, 0.25) is 0 Å². The molecule has 0 radical (unpaired) electrons. The van der Waals surface area contributed by atoms with E-state index in [0.29, 0.717) is 18.8 Å². The lowest BCUT2D eigenvalue weighted by Gasteiger charge is -2.07. The number of benzene rings is 1. The Morgan fingerprint density at radius 2 is 2.20 bits per heavy atom. The zero-order chi connectivity index (χ0) is 14.4. The molecule has 0 saturated heterocycles. The van der Waals surface area contributed by atoms with E-state index in [-0.39, 0.29) is 6.61 Å². The highest BCUT2D eigenvalue weighted by Gasteiger charge is 2.07. The zero-order valence-corrected chi connectivity index (χ0v) is 11.6. The molecule has 0 unspecified atom stereocenters. The lowest BCUT2D eigenvalue weighted by molar-refractivity contribution is 0.367. The van der Waals surface area contributed by atoms with E-state index in [1.165, 1.54) is 0 Å². The third-order valence-electron chi connectivity index (χ3n) is 3.01. The summed E-state index contributed by atoms with van der Waals surface area (Å²) in [6, 6.07) is 9.65. The Morgan fingerprint density at radius 1 is 1.35 bits per heavy atom. The van der Waals surface area contributed by atoms with E-state index in [1.54, 1.807) is 0 Å². The number of nitrogens with one attached hydrogen (secondary N) is 1. The summed E-state index contributed by atoms with van der Waals surface area (Å²) in [5.74, 6) is 1.56. The Morgan fingerprint density at radius 3 is 2.90 bits per heavy atom. The molecule has 104 valence electrons. The Hall–Kier alpha value is -2.32. The van der Waals surface area contributed by atoms with Crippen LogP contribution >= 0.6 is 0 Å². The zero-order valence-electron chi connectivity index (χ0n) is 11.6. The molecule has 1 aromatic heterocycles. The maximum absolute atomic E-state index is 8.49. The van der Waals surface area contributed by atoms with Gasteiger partial charge in [-0.1, -0.05) is 17.3 Å². The minimum absolute atomic E-state index is 0.0654. The summed E-state index contributed by atoms with van der Waals surface area (Å²) in [6.45, 7) is 5.34. The molecule has 0 aliphatic rings. The van der Waals surface area contributed by atoms with Crippen LogP contribution < -0.4 is 10.1 Å². The van der Waals surface area contributed by atoms with E-state index in [1.807, 2.05) is 44.2 Å². The molecule has 0 spiro atoms. The van der Waals surface area contributed by atoms with E-state index >= 15 is 0 Å². The van der Waals surface area contributed by atoms with Crippen molar-refractivity contribution in [1.82, 2.24) is 10.5 Å². The van der Waals surface area contributed by atoms with Gasteiger partial charge in [0.25, 0.3) is 0 Å². The van der Waals surface area contributed by atoms with Crippen LogP contribution in [0.1, 0.15) is 22.6 Å². The van der Waals surface area contributed by atoms with Crippen molar-refractivity contribution in [3.63, 3.8) is 0 Å². The fourth-order valence-electron chi connectivity index (χ4n) is 1.95. The predicted octanol–water partition coefficient (Wildman–Crippen LogP) is 2.48. The lowest BCUT2D eigenvalue weighted by atomic mass is 10.2. The van der Waals surface area contributed by atoms with Crippen LogP contribution in [0.15, 0.2) is 28.8 Å². The van der Waals surface area contributed by atoms with Crippen molar-refractivity contribution in [1.29, 1.82) is 5.26 Å². The van der Waals surface area contributed by atoms with Crippen LogP contribution in [-0.4, -0.2) is 11.8 Å². The van der Waals surface area contributed by atoms with Gasteiger partial charge in [-0.3, -0.25) is 0 Å². The Kier molecular flexibility index (Phi) is 4.75. The molecule has 5 heteroatoms. The van der Waals surface area contributed by atoms with Gasteiger partial charge in [-0.15, -0.1) is 0 Å². The molecular formula is C15H17N3O2. The Balaban J connectivity index is 1.90. The predicted molar refractivity (Wildman–Crippen MR) is 74.1 cm³/mol. The van der Waals surface area contributed by atoms with Crippen molar-refractivity contribution < 1.29 is 9.26 Å². The normalized spacial score (nSPS) is 10.2. The summed E-state index contributed by atoms with van der Waals surface area (Å²) >= 11 is 0. The molecule has 1 N–H and O–H groups in total. The molecule has 2 aromatic rings. The summed E-state index contributed by atoms with van der Waals surface area (Å²) in [5, 5.41) is 15.8. The van der Waals surface area contributed by atoms with Crippen molar-refractivity contribution in [2.24, 2.45) is 0 Å². The number of aromatic nitrogens is 1. The summed E-state index contributed by atoms with van der Waals surface area (Å²) in [6.07, 6.45) is 0. The Bertz CT molecular complexity index is 594. The first-order valence-electron chi connectivity index (χ1n) is 6.42. The molecule has 0 aliphatic heterocycles. The second kappa shape index (κ2) is 6.73. The van der Waals surface area contributed by atoms with Crippen molar-refractivity contribution in [2.75, 3.05) is 6.61 Å². The van der Waals surface area contributed by atoms with E-state index in [2.05, 4.69) is 10.5 Å². The molecule has 0 bridgehead atoms. The van der Waals surface area contributed by atoms with Gasteiger partial charge < -0.3 is 14.6 Å². The van der Waals surface area contributed by atoms with Gasteiger partial charge in [0.1, 0.15) is 17.6 Å². The molecule has 1 heterocycles. The summed E-state index contributed by atoms with van der Waals surface area (Å²) < 4.78 is 10.4. The molecule has 0 saturated carbocycles. The average Bonchev–Trinajstić information content (AvgIpc) is 2.77. The van der Waals surface area contributed by atoms with Crippen molar-refractivity contribution in [2.45, 2.75) is 26.9 Å². The molecule has 5 nitrogen and oxygen atoms in total. The summed E-state index contributed by atoms with van der Waals surface area (Å²) in [4.78, 5) is 0. The maximum atomic E-state index is 8.49. The van der Waals surface area contributed by atoms with Crippen LogP contribution in [0.2, 0.25) is 0 Å². The van der Waals surface area contributed by atoms with E-state index in [0.717, 1.165) is 22.6 Å². The number of nitrogens with zero attached hydrogens (tertiary/aromatic N) is 2. The minimum Gasteiger partial charge on any atom is -0.479 e. The Labute approximate surface area is 118 Å². The van der Waals surface area contributed by atoms with Gasteiger partial charge in [-0.25, -0.2) is 0 Å². The summed E-state index contributed by atoms with van der Waals surface area (Å²) in [7, 11) is 0. The molecule has 0 atom stereocenters. The maximum Gasteiger partial charge on any atom is 0.174 e. The molecule has 2 rings (SSSR count). The largest absolute Gasteiger partial charge is 0.479 e. The second-order valence-corrected chi connectivity index (χ2v) is 4.50.